The molecule has 4 nitrogen and oxygen atoms in total. The van der Waals surface area contributed by atoms with E-state index in [1.165, 1.54) is 0 Å². The van der Waals surface area contributed by atoms with Crippen LogP contribution in [0.15, 0.2) is 4.99 Å². The van der Waals surface area contributed by atoms with Gasteiger partial charge in [0.2, 0.25) is 0 Å². The maximum atomic E-state index is 6.24. The van der Waals surface area contributed by atoms with Crippen LogP contribution in [0, 0.1) is 5.92 Å². The Labute approximate surface area is 113 Å². The van der Waals surface area contributed by atoms with Gasteiger partial charge in [0.1, 0.15) is 5.54 Å². The van der Waals surface area contributed by atoms with Gasteiger partial charge in [0.15, 0.2) is 5.17 Å². The van der Waals surface area contributed by atoms with Crippen molar-refractivity contribution in [1.29, 1.82) is 0 Å². The molecule has 0 aromatic heterocycles. The largest absolute Gasteiger partial charge is 0.379 e. The quantitative estimate of drug-likeness (QED) is 0.789. The smallest absolute Gasteiger partial charge is 0.154 e. The van der Waals surface area contributed by atoms with Gasteiger partial charge in [0, 0.05) is 18.3 Å². The van der Waals surface area contributed by atoms with Gasteiger partial charge >= 0.3 is 0 Å². The lowest BCUT2D eigenvalue weighted by molar-refractivity contribution is -0.103. The fraction of sp³-hybridized carbons (Fsp3) is 0.923. The molecule has 0 radical (unpaired) electrons. The molecule has 3 heterocycles. The second kappa shape index (κ2) is 4.39. The Balaban J connectivity index is 1.91. The van der Waals surface area contributed by atoms with Gasteiger partial charge < -0.3 is 15.2 Å². The van der Waals surface area contributed by atoms with E-state index >= 15 is 0 Å². The maximum absolute atomic E-state index is 6.24. The molecule has 0 spiro atoms. The van der Waals surface area contributed by atoms with Crippen LogP contribution in [-0.4, -0.2) is 41.4 Å². The highest BCUT2D eigenvalue weighted by Gasteiger charge is 2.53. The molecule has 0 aromatic carbocycles. The molecule has 2 fully saturated rings. The Morgan fingerprint density at radius 1 is 1.39 bits per heavy atom. The van der Waals surface area contributed by atoms with E-state index in [9.17, 15) is 0 Å². The molecule has 3 aliphatic rings. The topological polar surface area (TPSA) is 56.8 Å². The lowest BCUT2D eigenvalue weighted by Gasteiger charge is -2.46. The van der Waals surface area contributed by atoms with Crippen LogP contribution in [0.4, 0.5) is 0 Å². The molecule has 102 valence electrons. The fourth-order valence-electron chi connectivity index (χ4n) is 3.37. The van der Waals surface area contributed by atoms with Gasteiger partial charge in [-0.3, -0.25) is 4.99 Å². The molecule has 0 amide bonds. The molecular formula is C13H22N2O2S. The third-order valence-electron chi connectivity index (χ3n) is 4.43. The third kappa shape index (κ3) is 2.06. The van der Waals surface area contributed by atoms with Crippen LogP contribution in [0.1, 0.15) is 33.1 Å². The summed E-state index contributed by atoms with van der Waals surface area (Å²) in [5.74, 6) is 1.60. The number of nitrogens with two attached hydrogens (primary N) is 1. The Morgan fingerprint density at radius 3 is 2.94 bits per heavy atom. The van der Waals surface area contributed by atoms with Gasteiger partial charge in [-0.15, -0.1) is 0 Å². The zero-order valence-corrected chi connectivity index (χ0v) is 12.0. The number of fused-ring (bicyclic) bond motifs is 1. The summed E-state index contributed by atoms with van der Waals surface area (Å²) < 4.78 is 12.0. The number of rotatable bonds is 1. The Bertz CT molecular complexity index is 372. The number of ether oxygens (including phenoxy) is 2. The molecule has 5 heteroatoms. The Kier molecular flexibility index (Phi) is 3.11. The monoisotopic (exact) mass is 270 g/mol. The van der Waals surface area contributed by atoms with Crippen molar-refractivity contribution in [3.05, 3.63) is 0 Å². The van der Waals surface area contributed by atoms with E-state index in [0.717, 1.165) is 31.6 Å². The molecule has 0 saturated carbocycles. The summed E-state index contributed by atoms with van der Waals surface area (Å²) in [6.07, 6.45) is 3.39. The van der Waals surface area contributed by atoms with Crippen LogP contribution in [0.2, 0.25) is 0 Å². The first-order valence-electron chi connectivity index (χ1n) is 6.76. The summed E-state index contributed by atoms with van der Waals surface area (Å²) in [4.78, 5) is 4.79. The van der Waals surface area contributed by atoms with Crippen molar-refractivity contribution in [2.45, 2.75) is 50.4 Å². The zero-order chi connectivity index (χ0) is 12.8. The number of nitrogens with zero attached hydrogens (tertiary/aromatic N) is 1. The number of amidine groups is 1. The average molecular weight is 270 g/mol. The molecule has 18 heavy (non-hydrogen) atoms. The summed E-state index contributed by atoms with van der Waals surface area (Å²) in [6.45, 7) is 5.83. The van der Waals surface area contributed by atoms with E-state index in [0.29, 0.717) is 17.7 Å². The van der Waals surface area contributed by atoms with Crippen molar-refractivity contribution in [1.82, 2.24) is 0 Å². The third-order valence-corrected chi connectivity index (χ3v) is 5.39. The van der Waals surface area contributed by atoms with Crippen LogP contribution in [-0.2, 0) is 9.47 Å². The van der Waals surface area contributed by atoms with E-state index in [-0.39, 0.29) is 17.2 Å². The molecule has 0 aliphatic carbocycles. The molecular weight excluding hydrogens is 248 g/mol. The normalized spacial score (nSPS) is 43.3. The number of hydrogen-bond donors (Lipinski definition) is 1. The van der Waals surface area contributed by atoms with Crippen molar-refractivity contribution in [3.63, 3.8) is 0 Å². The number of hydrogen-bond acceptors (Lipinski definition) is 5. The van der Waals surface area contributed by atoms with Gasteiger partial charge in [0.25, 0.3) is 0 Å². The minimum Gasteiger partial charge on any atom is -0.379 e. The highest BCUT2D eigenvalue weighted by Crippen LogP contribution is 2.46. The van der Waals surface area contributed by atoms with Gasteiger partial charge in [-0.1, -0.05) is 11.8 Å². The molecule has 2 unspecified atom stereocenters. The van der Waals surface area contributed by atoms with E-state index in [1.807, 2.05) is 0 Å². The Hall–Kier alpha value is -0.260. The van der Waals surface area contributed by atoms with Crippen LogP contribution in [0.3, 0.4) is 0 Å². The highest BCUT2D eigenvalue weighted by molar-refractivity contribution is 8.13. The van der Waals surface area contributed by atoms with Gasteiger partial charge in [-0.05, 0) is 33.1 Å². The predicted octanol–water partition coefficient (Wildman–Crippen LogP) is 1.78. The van der Waals surface area contributed by atoms with Crippen LogP contribution >= 0.6 is 11.8 Å². The molecule has 3 rings (SSSR count). The van der Waals surface area contributed by atoms with Gasteiger partial charge in [-0.25, -0.2) is 0 Å². The molecule has 0 bridgehead atoms. The number of thioether (sulfide) groups is 1. The molecule has 0 aromatic rings. The standard InChI is InChI=1S/C13H22N2O2S/c1-12(2)5-3-10(17-12)13-8-16-6-4-9(13)7-18-11(14)15-13/h9-10H,3-8H2,1-2H3,(H2,14,15)/t9?,10-,13?/m1/s1. The lowest BCUT2D eigenvalue weighted by atomic mass is 9.77. The fourth-order valence-corrected chi connectivity index (χ4v) is 4.43. The van der Waals surface area contributed by atoms with Crippen molar-refractivity contribution in [3.8, 4) is 0 Å². The first-order valence-corrected chi connectivity index (χ1v) is 7.74. The number of aliphatic imine (C=N–C) groups is 1. The zero-order valence-electron chi connectivity index (χ0n) is 11.1. The summed E-state index contributed by atoms with van der Waals surface area (Å²) in [5, 5.41) is 0.699. The van der Waals surface area contributed by atoms with Crippen molar-refractivity contribution in [2.24, 2.45) is 16.6 Å². The van der Waals surface area contributed by atoms with Gasteiger partial charge in [-0.2, -0.15) is 0 Å². The van der Waals surface area contributed by atoms with E-state index < -0.39 is 0 Å². The van der Waals surface area contributed by atoms with Crippen molar-refractivity contribution < 1.29 is 9.47 Å². The van der Waals surface area contributed by atoms with Crippen LogP contribution < -0.4 is 5.73 Å². The van der Waals surface area contributed by atoms with E-state index in [2.05, 4.69) is 13.8 Å². The summed E-state index contributed by atoms with van der Waals surface area (Å²) in [7, 11) is 0. The summed E-state index contributed by atoms with van der Waals surface area (Å²) in [6, 6.07) is 0. The van der Waals surface area contributed by atoms with Crippen LogP contribution in [0.25, 0.3) is 0 Å². The first-order chi connectivity index (χ1) is 8.52. The molecule has 2 N–H and O–H groups in total. The summed E-state index contributed by atoms with van der Waals surface area (Å²) >= 11 is 1.68. The summed E-state index contributed by atoms with van der Waals surface area (Å²) in [5.41, 5.74) is 5.71. The maximum Gasteiger partial charge on any atom is 0.154 e. The molecule has 3 atom stereocenters. The Morgan fingerprint density at radius 2 is 2.22 bits per heavy atom. The van der Waals surface area contributed by atoms with Crippen molar-refractivity contribution in [2.75, 3.05) is 19.0 Å². The van der Waals surface area contributed by atoms with E-state index in [1.54, 1.807) is 11.8 Å². The van der Waals surface area contributed by atoms with E-state index in [4.69, 9.17) is 20.2 Å². The van der Waals surface area contributed by atoms with Crippen LogP contribution in [0.5, 0.6) is 0 Å². The minimum atomic E-state index is -0.221. The van der Waals surface area contributed by atoms with Gasteiger partial charge in [0.05, 0.1) is 18.3 Å². The molecule has 3 aliphatic heterocycles. The SMILES string of the molecule is CC1(C)CC[C@H](C23COCCC2CSC(N)=N3)O1. The second-order valence-corrected chi connectivity index (χ2v) is 7.24. The van der Waals surface area contributed by atoms with Crippen molar-refractivity contribution >= 4 is 16.9 Å². The second-order valence-electron chi connectivity index (χ2n) is 6.20. The average Bonchev–Trinajstić information content (AvgIpc) is 2.70. The minimum absolute atomic E-state index is 0.0315. The predicted molar refractivity (Wildman–Crippen MR) is 73.9 cm³/mol. The highest BCUT2D eigenvalue weighted by atomic mass is 32.2. The lowest BCUT2D eigenvalue weighted by Crippen LogP contribution is -2.57. The first kappa shape index (κ1) is 12.8. The molecule has 2 saturated heterocycles.